The van der Waals surface area contributed by atoms with Gasteiger partial charge in [-0.15, -0.1) is 0 Å². The lowest BCUT2D eigenvalue weighted by molar-refractivity contribution is 0.311. The zero-order valence-electron chi connectivity index (χ0n) is 10.3. The number of likely N-dealkylation sites (N-methyl/N-ethyl adjacent to an activating group) is 1. The predicted molar refractivity (Wildman–Crippen MR) is 64.4 cm³/mol. The molecule has 7 heteroatoms. The highest BCUT2D eigenvalue weighted by molar-refractivity contribution is 7.92. The van der Waals surface area contributed by atoms with Crippen LogP contribution >= 0.6 is 0 Å². The summed E-state index contributed by atoms with van der Waals surface area (Å²) in [5.41, 5.74) is 5.31. The molecule has 0 heterocycles. The van der Waals surface area contributed by atoms with E-state index >= 15 is 0 Å². The molecule has 0 aromatic rings. The number of nitrogens with two attached hydrogens (primary N) is 1. The zero-order valence-corrected chi connectivity index (χ0v) is 11.1. The molecule has 0 aromatic carbocycles. The Morgan fingerprint density at radius 1 is 1.44 bits per heavy atom. The maximum absolute atomic E-state index is 11.8. The molecule has 16 heavy (non-hydrogen) atoms. The molecule has 0 radical (unpaired) electrons. The average molecular weight is 251 g/mol. The highest BCUT2D eigenvalue weighted by Crippen LogP contribution is 2.15. The Morgan fingerprint density at radius 2 is 1.94 bits per heavy atom. The highest BCUT2D eigenvalue weighted by Gasteiger charge is 2.28. The van der Waals surface area contributed by atoms with Crippen LogP contribution in [0.25, 0.3) is 0 Å². The quantitative estimate of drug-likeness (QED) is 0.307. The Hall–Kier alpha value is -0.820. The number of oxime groups is 1. The van der Waals surface area contributed by atoms with E-state index in [0.29, 0.717) is 6.54 Å². The predicted octanol–water partition coefficient (Wildman–Crippen LogP) is -0.122. The molecule has 0 aliphatic carbocycles. The Bertz CT molecular complexity index is 344. The minimum atomic E-state index is -3.12. The third-order valence-electron chi connectivity index (χ3n) is 2.24. The summed E-state index contributed by atoms with van der Waals surface area (Å²) in [6.07, 6.45) is 0. The largest absolute Gasteiger partial charge is 0.409 e. The van der Waals surface area contributed by atoms with Crippen molar-refractivity contribution < 1.29 is 13.6 Å². The monoisotopic (exact) mass is 251 g/mol. The smallest absolute Gasteiger partial charge is 0.156 e. The van der Waals surface area contributed by atoms with E-state index in [0.717, 1.165) is 0 Å². The van der Waals surface area contributed by atoms with Gasteiger partial charge in [-0.25, -0.2) is 8.42 Å². The van der Waals surface area contributed by atoms with Crippen molar-refractivity contribution in [2.75, 3.05) is 25.9 Å². The molecule has 6 nitrogen and oxygen atoms in total. The van der Waals surface area contributed by atoms with E-state index in [-0.39, 0.29) is 18.1 Å². The van der Waals surface area contributed by atoms with Crippen LogP contribution in [-0.2, 0) is 9.84 Å². The second-order valence-electron chi connectivity index (χ2n) is 4.76. The van der Waals surface area contributed by atoms with Crippen LogP contribution in [0.4, 0.5) is 0 Å². The molecule has 0 saturated carbocycles. The first-order chi connectivity index (χ1) is 7.10. The lowest BCUT2D eigenvalue weighted by Crippen LogP contribution is -2.38. The lowest BCUT2D eigenvalue weighted by Gasteiger charge is -2.22. The second-order valence-corrected chi connectivity index (χ2v) is 7.62. The molecule has 0 unspecified atom stereocenters. The molecule has 0 rings (SSSR count). The van der Waals surface area contributed by atoms with Gasteiger partial charge in [0.25, 0.3) is 0 Å². The molecule has 0 aliphatic heterocycles. The number of amidine groups is 1. The summed E-state index contributed by atoms with van der Waals surface area (Å²) in [7, 11) is -1.40. The standard InChI is InChI=1S/C9H21N3O3S/c1-9(2,3)16(14,15)6-5-12(4)7-8(10)11-13/h13H,5-7H2,1-4H3,(H2,10,11). The van der Waals surface area contributed by atoms with Gasteiger partial charge in [0.1, 0.15) is 0 Å². The Morgan fingerprint density at radius 3 is 2.31 bits per heavy atom. The fourth-order valence-corrected chi connectivity index (χ4v) is 2.13. The summed E-state index contributed by atoms with van der Waals surface area (Å²) in [4.78, 5) is 1.69. The van der Waals surface area contributed by atoms with Gasteiger partial charge in [-0.05, 0) is 27.8 Å². The van der Waals surface area contributed by atoms with E-state index in [4.69, 9.17) is 10.9 Å². The molecule has 0 saturated heterocycles. The molecule has 0 aliphatic rings. The average Bonchev–Trinajstić information content (AvgIpc) is 2.13. The number of nitrogens with zero attached hydrogens (tertiary/aromatic N) is 2. The molecule has 0 aromatic heterocycles. The maximum atomic E-state index is 11.8. The van der Waals surface area contributed by atoms with Gasteiger partial charge in [0.2, 0.25) is 0 Å². The van der Waals surface area contributed by atoms with E-state index in [9.17, 15) is 8.42 Å². The topological polar surface area (TPSA) is 96.0 Å². The van der Waals surface area contributed by atoms with Crippen molar-refractivity contribution in [2.45, 2.75) is 25.5 Å². The number of hydrogen-bond acceptors (Lipinski definition) is 5. The Balaban J connectivity index is 4.27. The van der Waals surface area contributed by atoms with E-state index in [1.807, 2.05) is 0 Å². The molecule has 0 amide bonds. The number of sulfone groups is 1. The minimum Gasteiger partial charge on any atom is -0.409 e. The number of rotatable bonds is 5. The van der Waals surface area contributed by atoms with Crippen molar-refractivity contribution >= 4 is 15.7 Å². The number of hydrogen-bond donors (Lipinski definition) is 2. The Kier molecular flexibility index (Phi) is 5.21. The van der Waals surface area contributed by atoms with Gasteiger partial charge in [0, 0.05) is 6.54 Å². The summed E-state index contributed by atoms with van der Waals surface area (Å²) in [5.74, 6) is 0.127. The van der Waals surface area contributed by atoms with Crippen molar-refractivity contribution in [3.63, 3.8) is 0 Å². The molecular weight excluding hydrogens is 230 g/mol. The van der Waals surface area contributed by atoms with Gasteiger partial charge in [-0.1, -0.05) is 5.16 Å². The molecule has 0 bridgehead atoms. The van der Waals surface area contributed by atoms with Crippen LogP contribution in [0.15, 0.2) is 5.16 Å². The summed E-state index contributed by atoms with van der Waals surface area (Å²) in [6, 6.07) is 0. The first-order valence-corrected chi connectivity index (χ1v) is 6.62. The maximum Gasteiger partial charge on any atom is 0.156 e. The van der Waals surface area contributed by atoms with Gasteiger partial charge in [0.15, 0.2) is 15.7 Å². The van der Waals surface area contributed by atoms with Crippen molar-refractivity contribution in [1.82, 2.24) is 4.90 Å². The van der Waals surface area contributed by atoms with Gasteiger partial charge in [-0.3, -0.25) is 4.90 Å². The lowest BCUT2D eigenvalue weighted by atomic mass is 10.3. The van der Waals surface area contributed by atoms with Crippen LogP contribution in [-0.4, -0.2) is 55.0 Å². The van der Waals surface area contributed by atoms with Crippen LogP contribution in [0.3, 0.4) is 0 Å². The molecule has 96 valence electrons. The van der Waals surface area contributed by atoms with Gasteiger partial charge in [0.05, 0.1) is 17.0 Å². The summed E-state index contributed by atoms with van der Waals surface area (Å²) in [5, 5.41) is 11.2. The Labute approximate surface area is 97.0 Å². The van der Waals surface area contributed by atoms with Crippen molar-refractivity contribution in [3.05, 3.63) is 0 Å². The fraction of sp³-hybridized carbons (Fsp3) is 0.889. The van der Waals surface area contributed by atoms with E-state index in [1.54, 1.807) is 32.7 Å². The first-order valence-electron chi connectivity index (χ1n) is 4.97. The first kappa shape index (κ1) is 15.2. The summed E-state index contributed by atoms with van der Waals surface area (Å²) >= 11 is 0. The van der Waals surface area contributed by atoms with Crippen LogP contribution in [0.5, 0.6) is 0 Å². The minimum absolute atomic E-state index is 0.0612. The normalized spacial score (nSPS) is 14.4. The van der Waals surface area contributed by atoms with Gasteiger partial charge in [-0.2, -0.15) is 0 Å². The highest BCUT2D eigenvalue weighted by atomic mass is 32.2. The van der Waals surface area contributed by atoms with E-state index in [1.165, 1.54) is 0 Å². The zero-order chi connectivity index (χ0) is 13.0. The van der Waals surface area contributed by atoms with Gasteiger partial charge < -0.3 is 10.9 Å². The molecule has 0 atom stereocenters. The summed E-state index contributed by atoms with van der Waals surface area (Å²) in [6.45, 7) is 5.62. The fourth-order valence-electron chi connectivity index (χ4n) is 0.969. The van der Waals surface area contributed by atoms with Crippen molar-refractivity contribution in [2.24, 2.45) is 10.9 Å². The third kappa shape index (κ3) is 4.80. The van der Waals surface area contributed by atoms with Crippen LogP contribution in [0.1, 0.15) is 20.8 Å². The second kappa shape index (κ2) is 5.49. The van der Waals surface area contributed by atoms with Crippen molar-refractivity contribution in [1.29, 1.82) is 0 Å². The molecule has 0 fully saturated rings. The van der Waals surface area contributed by atoms with E-state index in [2.05, 4.69) is 5.16 Å². The van der Waals surface area contributed by atoms with E-state index < -0.39 is 14.6 Å². The van der Waals surface area contributed by atoms with Crippen LogP contribution < -0.4 is 5.73 Å². The van der Waals surface area contributed by atoms with Crippen molar-refractivity contribution in [3.8, 4) is 0 Å². The third-order valence-corrected chi connectivity index (χ3v) is 4.82. The molecule has 3 N–H and O–H groups in total. The van der Waals surface area contributed by atoms with Crippen LogP contribution in [0, 0.1) is 0 Å². The SMILES string of the molecule is CN(CCS(=O)(=O)C(C)(C)C)CC(N)=NO. The van der Waals surface area contributed by atoms with Crippen LogP contribution in [0.2, 0.25) is 0 Å². The summed E-state index contributed by atoms with van der Waals surface area (Å²) < 4.78 is 22.8. The molecular formula is C9H21N3O3S. The molecule has 0 spiro atoms. The van der Waals surface area contributed by atoms with Gasteiger partial charge >= 0.3 is 0 Å².